The van der Waals surface area contributed by atoms with E-state index in [1.807, 2.05) is 60.7 Å². The monoisotopic (exact) mass is 558 g/mol. The van der Waals surface area contributed by atoms with Crippen molar-refractivity contribution in [3.05, 3.63) is 119 Å². The van der Waals surface area contributed by atoms with Gasteiger partial charge in [-0.05, 0) is 46.5 Å². The highest BCUT2D eigenvalue weighted by Crippen LogP contribution is 2.37. The van der Waals surface area contributed by atoms with Crippen LogP contribution in [0.15, 0.2) is 107 Å². The van der Waals surface area contributed by atoms with Crippen molar-refractivity contribution in [2.45, 2.75) is 38.8 Å². The van der Waals surface area contributed by atoms with Crippen LogP contribution < -0.4 is 0 Å². The van der Waals surface area contributed by atoms with Crippen LogP contribution in [0.4, 0.5) is 0 Å². The predicted octanol–water partition coefficient (Wildman–Crippen LogP) is 6.16. The van der Waals surface area contributed by atoms with Gasteiger partial charge in [0, 0.05) is 37.8 Å². The van der Waals surface area contributed by atoms with Gasteiger partial charge in [-0.2, -0.15) is 10.2 Å². The quantitative estimate of drug-likeness (QED) is 0.306. The third-order valence-electron chi connectivity index (χ3n) is 7.82. The summed E-state index contributed by atoms with van der Waals surface area (Å²) in [6.07, 6.45) is 1.01. The van der Waals surface area contributed by atoms with Crippen LogP contribution in [0.2, 0.25) is 0 Å². The maximum absolute atomic E-state index is 12.4. The summed E-state index contributed by atoms with van der Waals surface area (Å²) in [5, 5.41) is 32.7. The van der Waals surface area contributed by atoms with Gasteiger partial charge in [-0.25, -0.2) is 10.0 Å². The Morgan fingerprint density at radius 2 is 0.952 bits per heavy atom. The van der Waals surface area contributed by atoms with Crippen LogP contribution in [-0.2, 0) is 9.59 Å². The summed E-state index contributed by atoms with van der Waals surface area (Å²) in [5.74, 6) is -0.0362. The number of hydrazone groups is 2. The molecule has 0 radical (unpaired) electrons. The molecule has 2 amide bonds. The Kier molecular flexibility index (Phi) is 7.04. The van der Waals surface area contributed by atoms with E-state index in [4.69, 9.17) is 0 Å². The highest BCUT2D eigenvalue weighted by molar-refractivity contribution is 6.05. The molecule has 2 unspecified atom stereocenters. The maximum Gasteiger partial charge on any atom is 0.240 e. The summed E-state index contributed by atoms with van der Waals surface area (Å²) >= 11 is 0. The minimum absolute atomic E-state index is 0.143. The lowest BCUT2D eigenvalue weighted by atomic mass is 9.94. The fourth-order valence-electron chi connectivity index (χ4n) is 5.68. The fraction of sp³-hybridized carbons (Fsp3) is 0.176. The topological polar surface area (TPSA) is 106 Å². The molecule has 0 saturated carbocycles. The molecular weight excluding hydrogens is 528 g/mol. The second-order valence-corrected chi connectivity index (χ2v) is 10.5. The molecule has 0 bridgehead atoms. The zero-order valence-corrected chi connectivity index (χ0v) is 23.3. The lowest BCUT2D eigenvalue weighted by Gasteiger charge is -2.21. The minimum Gasteiger partial charge on any atom is -0.507 e. The predicted molar refractivity (Wildman–Crippen MR) is 161 cm³/mol. The second kappa shape index (κ2) is 11.0. The van der Waals surface area contributed by atoms with Crippen LogP contribution in [0.25, 0.3) is 11.1 Å². The number of hydrogen-bond acceptors (Lipinski definition) is 6. The van der Waals surface area contributed by atoms with Gasteiger partial charge in [0.1, 0.15) is 11.5 Å². The first-order chi connectivity index (χ1) is 20.3. The number of amides is 2. The molecule has 6 rings (SSSR count). The number of carbonyl (C=O) groups is 2. The number of para-hydroxylation sites is 2. The summed E-state index contributed by atoms with van der Waals surface area (Å²) in [4.78, 5) is 24.8. The van der Waals surface area contributed by atoms with E-state index in [0.29, 0.717) is 35.4 Å². The molecule has 210 valence electrons. The minimum atomic E-state index is -0.258. The van der Waals surface area contributed by atoms with Crippen molar-refractivity contribution in [1.29, 1.82) is 0 Å². The number of rotatable bonds is 5. The Morgan fingerprint density at radius 3 is 1.29 bits per heavy atom. The van der Waals surface area contributed by atoms with E-state index >= 15 is 0 Å². The molecule has 4 aromatic carbocycles. The molecule has 4 aromatic rings. The van der Waals surface area contributed by atoms with Gasteiger partial charge in [0.2, 0.25) is 11.8 Å². The Morgan fingerprint density at radius 1 is 0.595 bits per heavy atom. The molecule has 2 aliphatic rings. The molecule has 2 N–H and O–H groups in total. The van der Waals surface area contributed by atoms with Crippen molar-refractivity contribution >= 4 is 23.2 Å². The van der Waals surface area contributed by atoms with Gasteiger partial charge in [0.25, 0.3) is 0 Å². The zero-order chi connectivity index (χ0) is 29.4. The van der Waals surface area contributed by atoms with Crippen LogP contribution >= 0.6 is 0 Å². The Balaban J connectivity index is 1.20. The van der Waals surface area contributed by atoms with Crippen molar-refractivity contribution in [3.8, 4) is 22.6 Å². The highest BCUT2D eigenvalue weighted by Gasteiger charge is 2.33. The molecule has 0 fully saturated rings. The van der Waals surface area contributed by atoms with Crippen LogP contribution in [0.3, 0.4) is 0 Å². The first-order valence-electron chi connectivity index (χ1n) is 13.8. The van der Waals surface area contributed by atoms with Crippen molar-refractivity contribution in [1.82, 2.24) is 10.0 Å². The second-order valence-electron chi connectivity index (χ2n) is 10.5. The molecule has 0 aromatic heterocycles. The first kappa shape index (κ1) is 27.0. The molecule has 42 heavy (non-hydrogen) atoms. The van der Waals surface area contributed by atoms with Crippen molar-refractivity contribution < 1.29 is 19.8 Å². The van der Waals surface area contributed by atoms with Crippen LogP contribution in [0.5, 0.6) is 11.5 Å². The molecular formula is C34H30N4O4. The van der Waals surface area contributed by atoms with Crippen LogP contribution in [0, 0.1) is 0 Å². The largest absolute Gasteiger partial charge is 0.507 e. The van der Waals surface area contributed by atoms with Gasteiger partial charge >= 0.3 is 0 Å². The van der Waals surface area contributed by atoms with E-state index in [9.17, 15) is 19.8 Å². The van der Waals surface area contributed by atoms with E-state index < -0.39 is 0 Å². The third-order valence-corrected chi connectivity index (χ3v) is 7.82. The van der Waals surface area contributed by atoms with Crippen LogP contribution in [-0.4, -0.2) is 43.5 Å². The molecule has 0 aliphatic carbocycles. The van der Waals surface area contributed by atoms with Crippen LogP contribution in [0.1, 0.15) is 61.0 Å². The number of hydrogen-bond donors (Lipinski definition) is 2. The molecule has 2 atom stereocenters. The Hall–Kier alpha value is -5.24. The van der Waals surface area contributed by atoms with Gasteiger partial charge in [0.05, 0.1) is 23.5 Å². The van der Waals surface area contributed by atoms with Gasteiger partial charge in [-0.3, -0.25) is 9.59 Å². The number of phenolic OH excluding ortho intramolecular Hbond substituents is 2. The normalized spacial score (nSPS) is 18.1. The highest BCUT2D eigenvalue weighted by atomic mass is 16.3. The average molecular weight is 559 g/mol. The number of nitrogens with zero attached hydrogens (tertiary/aromatic N) is 4. The van der Waals surface area contributed by atoms with Gasteiger partial charge in [0.15, 0.2) is 0 Å². The smallest absolute Gasteiger partial charge is 0.240 e. The molecule has 2 heterocycles. The van der Waals surface area contributed by atoms with Gasteiger partial charge in [-0.1, -0.05) is 72.8 Å². The van der Waals surface area contributed by atoms with E-state index in [0.717, 1.165) is 22.3 Å². The maximum atomic E-state index is 12.4. The SMILES string of the molecule is CC(=O)N1N=C(c2ccccc2O)CC1c1ccc(-c2ccc(C3CC(c4ccccc4O)=NN3C(C)=O)cc2)cc1. The molecule has 2 aliphatic heterocycles. The van der Waals surface area contributed by atoms with Crippen molar-refractivity contribution in [2.24, 2.45) is 10.2 Å². The summed E-state index contributed by atoms with van der Waals surface area (Å²) in [5.41, 5.74) is 6.55. The molecule has 8 nitrogen and oxygen atoms in total. The van der Waals surface area contributed by atoms with E-state index in [1.54, 1.807) is 36.4 Å². The van der Waals surface area contributed by atoms with E-state index in [-0.39, 0.29) is 35.4 Å². The molecule has 0 spiro atoms. The third kappa shape index (κ3) is 5.03. The van der Waals surface area contributed by atoms with Crippen molar-refractivity contribution in [2.75, 3.05) is 0 Å². The van der Waals surface area contributed by atoms with Gasteiger partial charge < -0.3 is 10.2 Å². The summed E-state index contributed by atoms with van der Waals surface area (Å²) in [6.45, 7) is 2.99. The van der Waals surface area contributed by atoms with E-state index in [1.165, 1.54) is 23.9 Å². The lowest BCUT2D eigenvalue weighted by Crippen LogP contribution is -2.24. The lowest BCUT2D eigenvalue weighted by molar-refractivity contribution is -0.131. The fourth-order valence-corrected chi connectivity index (χ4v) is 5.68. The number of phenols is 2. The number of benzene rings is 4. The standard InChI is InChI=1S/C34H30N4O4/c1-21(39)37-31(19-29(35-37)27-7-3-5-9-33(27)41)25-15-11-23(12-16-25)24-13-17-26(18-14-24)32-20-30(36-38(32)22(2)40)28-8-4-6-10-34(28)42/h3-18,31-32,41-42H,19-20H2,1-2H3. The summed E-state index contributed by atoms with van der Waals surface area (Å²) in [6, 6.07) is 29.7. The first-order valence-corrected chi connectivity index (χ1v) is 13.8. The Labute approximate surface area is 243 Å². The average Bonchev–Trinajstić information content (AvgIpc) is 3.64. The Bertz CT molecular complexity index is 1600. The van der Waals surface area contributed by atoms with Crippen molar-refractivity contribution in [3.63, 3.8) is 0 Å². The van der Waals surface area contributed by atoms with E-state index in [2.05, 4.69) is 10.2 Å². The molecule has 8 heteroatoms. The summed E-state index contributed by atoms with van der Waals surface area (Å²) in [7, 11) is 0. The number of carbonyl (C=O) groups excluding carboxylic acids is 2. The summed E-state index contributed by atoms with van der Waals surface area (Å²) < 4.78 is 0. The molecule has 0 saturated heterocycles. The van der Waals surface area contributed by atoms with Gasteiger partial charge in [-0.15, -0.1) is 0 Å². The number of aromatic hydroxyl groups is 2. The zero-order valence-electron chi connectivity index (χ0n) is 23.3.